The highest BCUT2D eigenvalue weighted by atomic mass is 16.5. The van der Waals surface area contributed by atoms with Gasteiger partial charge in [0.2, 0.25) is 0 Å². The van der Waals surface area contributed by atoms with Crippen molar-refractivity contribution in [2.75, 3.05) is 33.2 Å². The summed E-state index contributed by atoms with van der Waals surface area (Å²) in [5.41, 5.74) is 1.67. The van der Waals surface area contributed by atoms with Crippen LogP contribution in [0.3, 0.4) is 0 Å². The molecule has 0 aliphatic heterocycles. The molecule has 2 aromatic rings. The first kappa shape index (κ1) is 17.5. The second-order valence-electron chi connectivity index (χ2n) is 5.05. The van der Waals surface area contributed by atoms with Crippen molar-refractivity contribution in [3.63, 3.8) is 0 Å². The molecule has 2 amide bonds. The molecule has 24 heavy (non-hydrogen) atoms. The highest BCUT2D eigenvalue weighted by molar-refractivity contribution is 5.91. The lowest BCUT2D eigenvalue weighted by molar-refractivity contribution is 0.252. The number of nitrogens with one attached hydrogen (secondary N) is 2. The average Bonchev–Trinajstić information content (AvgIpc) is 2.62. The summed E-state index contributed by atoms with van der Waals surface area (Å²) in [5.74, 6) is 2.01. The summed E-state index contributed by atoms with van der Waals surface area (Å²) in [6.07, 6.45) is 0.713. The van der Waals surface area contributed by atoms with Gasteiger partial charge in [-0.1, -0.05) is 12.1 Å². The number of hydrogen-bond donors (Lipinski definition) is 2. The van der Waals surface area contributed by atoms with E-state index in [-0.39, 0.29) is 6.03 Å². The maximum Gasteiger partial charge on any atom is 0.319 e. The first-order chi connectivity index (χ1) is 11.7. The number of urea groups is 1. The molecule has 0 fully saturated rings. The van der Waals surface area contributed by atoms with Gasteiger partial charge in [-0.05, 0) is 36.2 Å². The zero-order valence-electron chi connectivity index (χ0n) is 14.1. The molecule has 0 aromatic heterocycles. The topological polar surface area (TPSA) is 68.8 Å². The Bertz CT molecular complexity index is 688. The van der Waals surface area contributed by atoms with Crippen LogP contribution in [0.4, 0.5) is 10.5 Å². The van der Waals surface area contributed by atoms with E-state index in [2.05, 4.69) is 10.6 Å². The van der Waals surface area contributed by atoms with E-state index in [1.54, 1.807) is 39.5 Å². The number of anilines is 1. The highest BCUT2D eigenvalue weighted by Crippen LogP contribution is 2.28. The molecule has 0 radical (unpaired) electrons. The van der Waals surface area contributed by atoms with Crippen molar-refractivity contribution in [1.82, 2.24) is 5.32 Å². The van der Waals surface area contributed by atoms with E-state index in [1.165, 1.54) is 0 Å². The van der Waals surface area contributed by atoms with Crippen molar-refractivity contribution in [1.29, 1.82) is 0 Å². The predicted octanol–water partition coefficient (Wildman–Crippen LogP) is 3.08. The van der Waals surface area contributed by atoms with Crippen molar-refractivity contribution >= 4 is 11.7 Å². The summed E-state index contributed by atoms with van der Waals surface area (Å²) in [4.78, 5) is 12.0. The number of carbonyl (C=O) groups is 1. The van der Waals surface area contributed by atoms with Crippen LogP contribution in [0, 0.1) is 0 Å². The van der Waals surface area contributed by atoms with Crippen molar-refractivity contribution in [3.05, 3.63) is 48.0 Å². The van der Waals surface area contributed by atoms with Crippen LogP contribution in [-0.4, -0.2) is 33.9 Å². The summed E-state index contributed by atoms with van der Waals surface area (Å²) in [5, 5.41) is 5.59. The largest absolute Gasteiger partial charge is 0.497 e. The second-order valence-corrected chi connectivity index (χ2v) is 5.05. The number of hydrogen-bond acceptors (Lipinski definition) is 4. The van der Waals surface area contributed by atoms with E-state index in [1.807, 2.05) is 24.3 Å². The van der Waals surface area contributed by atoms with Crippen molar-refractivity contribution < 1.29 is 19.0 Å². The van der Waals surface area contributed by atoms with Crippen LogP contribution in [0.1, 0.15) is 5.56 Å². The second kappa shape index (κ2) is 8.67. The molecule has 2 N–H and O–H groups in total. The van der Waals surface area contributed by atoms with E-state index < -0.39 is 0 Å². The maximum absolute atomic E-state index is 12.0. The lowest BCUT2D eigenvalue weighted by atomic mass is 10.1. The Balaban J connectivity index is 1.87. The molecular formula is C18H22N2O4. The number of ether oxygens (including phenoxy) is 3. The van der Waals surface area contributed by atoms with Crippen molar-refractivity contribution in [2.45, 2.75) is 6.42 Å². The van der Waals surface area contributed by atoms with Gasteiger partial charge in [0.25, 0.3) is 0 Å². The van der Waals surface area contributed by atoms with Crippen LogP contribution in [0.25, 0.3) is 0 Å². The van der Waals surface area contributed by atoms with Gasteiger partial charge in [0.1, 0.15) is 17.2 Å². The molecule has 0 atom stereocenters. The lowest BCUT2D eigenvalue weighted by Crippen LogP contribution is -2.30. The number of rotatable bonds is 7. The fourth-order valence-corrected chi connectivity index (χ4v) is 2.22. The summed E-state index contributed by atoms with van der Waals surface area (Å²) in [6, 6.07) is 12.7. The summed E-state index contributed by atoms with van der Waals surface area (Å²) >= 11 is 0. The Morgan fingerprint density at radius 2 is 1.71 bits per heavy atom. The third-order valence-electron chi connectivity index (χ3n) is 3.49. The number of benzene rings is 2. The zero-order valence-corrected chi connectivity index (χ0v) is 14.1. The van der Waals surface area contributed by atoms with E-state index in [4.69, 9.17) is 14.2 Å². The minimum Gasteiger partial charge on any atom is -0.497 e. The zero-order chi connectivity index (χ0) is 17.4. The lowest BCUT2D eigenvalue weighted by Gasteiger charge is -2.12. The molecule has 6 heteroatoms. The number of amides is 2. The minimum absolute atomic E-state index is 0.290. The third kappa shape index (κ3) is 4.81. The van der Waals surface area contributed by atoms with E-state index in [0.29, 0.717) is 30.2 Å². The molecule has 0 aliphatic rings. The smallest absolute Gasteiger partial charge is 0.319 e. The van der Waals surface area contributed by atoms with Gasteiger partial charge in [-0.25, -0.2) is 4.79 Å². The molecule has 0 bridgehead atoms. The van der Waals surface area contributed by atoms with Gasteiger partial charge in [-0.3, -0.25) is 0 Å². The molecule has 2 rings (SSSR count). The molecule has 0 aliphatic carbocycles. The van der Waals surface area contributed by atoms with Gasteiger partial charge in [0.15, 0.2) is 0 Å². The molecule has 0 heterocycles. The highest BCUT2D eigenvalue weighted by Gasteiger charge is 2.08. The van der Waals surface area contributed by atoms with Crippen molar-refractivity contribution in [3.8, 4) is 17.2 Å². The van der Waals surface area contributed by atoms with Crippen LogP contribution >= 0.6 is 0 Å². The van der Waals surface area contributed by atoms with Gasteiger partial charge in [-0.2, -0.15) is 0 Å². The Kier molecular flexibility index (Phi) is 6.31. The molecule has 0 spiro atoms. The van der Waals surface area contributed by atoms with Crippen LogP contribution in [0.5, 0.6) is 17.2 Å². The van der Waals surface area contributed by atoms with Gasteiger partial charge in [-0.15, -0.1) is 0 Å². The Morgan fingerprint density at radius 1 is 0.958 bits per heavy atom. The SMILES string of the molecule is COc1cccc(CCNC(=O)Nc2ccc(OC)cc2OC)c1. The van der Waals surface area contributed by atoms with Crippen LogP contribution in [0.2, 0.25) is 0 Å². The number of carbonyl (C=O) groups excluding carboxylic acids is 1. The molecule has 6 nitrogen and oxygen atoms in total. The van der Waals surface area contributed by atoms with E-state index in [0.717, 1.165) is 11.3 Å². The van der Waals surface area contributed by atoms with Gasteiger partial charge in [0, 0.05) is 12.6 Å². The molecule has 0 saturated carbocycles. The summed E-state index contributed by atoms with van der Waals surface area (Å²) < 4.78 is 15.6. The Hall–Kier alpha value is -2.89. The molecule has 2 aromatic carbocycles. The molecule has 128 valence electrons. The number of methoxy groups -OCH3 is 3. The quantitative estimate of drug-likeness (QED) is 0.818. The summed E-state index contributed by atoms with van der Waals surface area (Å²) in [6.45, 7) is 0.511. The molecule has 0 saturated heterocycles. The summed E-state index contributed by atoms with van der Waals surface area (Å²) in [7, 11) is 4.75. The van der Waals surface area contributed by atoms with Crippen LogP contribution < -0.4 is 24.8 Å². The fourth-order valence-electron chi connectivity index (χ4n) is 2.22. The first-order valence-electron chi connectivity index (χ1n) is 7.56. The van der Waals surface area contributed by atoms with Gasteiger partial charge >= 0.3 is 6.03 Å². The maximum atomic E-state index is 12.0. The minimum atomic E-state index is -0.290. The monoisotopic (exact) mass is 330 g/mol. The average molecular weight is 330 g/mol. The molecular weight excluding hydrogens is 308 g/mol. The normalized spacial score (nSPS) is 9.96. The van der Waals surface area contributed by atoms with Crippen LogP contribution in [0.15, 0.2) is 42.5 Å². The fraction of sp³-hybridized carbons (Fsp3) is 0.278. The first-order valence-corrected chi connectivity index (χ1v) is 7.56. The third-order valence-corrected chi connectivity index (χ3v) is 3.49. The van der Waals surface area contributed by atoms with Gasteiger partial charge < -0.3 is 24.8 Å². The van der Waals surface area contributed by atoms with Crippen LogP contribution in [-0.2, 0) is 6.42 Å². The van der Waals surface area contributed by atoms with Crippen molar-refractivity contribution in [2.24, 2.45) is 0 Å². The predicted molar refractivity (Wildman–Crippen MR) is 93.3 cm³/mol. The molecule has 0 unspecified atom stereocenters. The standard InChI is InChI=1S/C18H22N2O4/c1-22-14-6-4-5-13(11-14)9-10-19-18(21)20-16-8-7-15(23-2)12-17(16)24-3/h4-8,11-12H,9-10H2,1-3H3,(H2,19,20,21). The Labute approximate surface area is 141 Å². The Morgan fingerprint density at radius 3 is 2.42 bits per heavy atom. The van der Waals surface area contributed by atoms with Gasteiger partial charge in [0.05, 0.1) is 27.0 Å². The van der Waals surface area contributed by atoms with E-state index in [9.17, 15) is 4.79 Å². The van der Waals surface area contributed by atoms with E-state index >= 15 is 0 Å².